The van der Waals surface area contributed by atoms with Gasteiger partial charge in [-0.25, -0.2) is 0 Å². The maximum atomic E-state index is 5.23. The molecule has 3 fully saturated rings. The Bertz CT molecular complexity index is 744. The molecule has 3 aliphatic rings. The zero-order chi connectivity index (χ0) is 18.5. The number of fused-ring (bicyclic) bond motifs is 4. The molecule has 2 aromatic rings. The molecular weight excluding hydrogens is 334 g/mol. The molecule has 0 N–H and O–H groups in total. The van der Waals surface area contributed by atoms with Crippen LogP contribution in [0.3, 0.4) is 0 Å². The quantitative estimate of drug-likeness (QED) is 0.782. The van der Waals surface area contributed by atoms with Crippen molar-refractivity contribution in [3.05, 3.63) is 66.0 Å². The average molecular weight is 364 g/mol. The standard InChI is InChI=1S/C23H29N3O/c1-27-23-11-8-19(9-12-23)5-4-14-26-16-20-7-10-22(26)18-25(15-20)17-21-6-2-3-13-24-21/h2-6,8-9,11-13,20,22H,7,10,14-18H2,1H3/t20-,22+/m0/s1. The molecular formula is C23H29N3O. The Morgan fingerprint density at radius 2 is 1.96 bits per heavy atom. The molecule has 3 aliphatic heterocycles. The van der Waals surface area contributed by atoms with Gasteiger partial charge in [-0.1, -0.05) is 30.4 Å². The van der Waals surface area contributed by atoms with E-state index in [9.17, 15) is 0 Å². The van der Waals surface area contributed by atoms with Crippen molar-refractivity contribution in [2.45, 2.75) is 25.4 Å². The predicted molar refractivity (Wildman–Crippen MR) is 110 cm³/mol. The minimum atomic E-state index is 0.660. The lowest BCUT2D eigenvalue weighted by molar-refractivity contribution is 0.146. The molecule has 0 radical (unpaired) electrons. The van der Waals surface area contributed by atoms with Gasteiger partial charge >= 0.3 is 0 Å². The third-order valence-corrected chi connectivity index (χ3v) is 5.78. The number of rotatable bonds is 6. The van der Waals surface area contributed by atoms with E-state index >= 15 is 0 Å². The monoisotopic (exact) mass is 363 g/mol. The Balaban J connectivity index is 1.35. The summed E-state index contributed by atoms with van der Waals surface area (Å²) in [5.74, 6) is 1.69. The number of ether oxygens (including phenoxy) is 1. The number of pyridine rings is 1. The summed E-state index contributed by atoms with van der Waals surface area (Å²) in [4.78, 5) is 9.80. The van der Waals surface area contributed by atoms with Crippen LogP contribution in [0.2, 0.25) is 0 Å². The van der Waals surface area contributed by atoms with E-state index in [0.29, 0.717) is 6.04 Å². The van der Waals surface area contributed by atoms with Gasteiger partial charge in [-0.15, -0.1) is 0 Å². The van der Waals surface area contributed by atoms with Crippen molar-refractivity contribution in [3.8, 4) is 5.75 Å². The van der Waals surface area contributed by atoms with Crippen molar-refractivity contribution in [1.29, 1.82) is 0 Å². The highest BCUT2D eigenvalue weighted by Crippen LogP contribution is 2.28. The molecule has 0 unspecified atom stereocenters. The first kappa shape index (κ1) is 18.2. The molecule has 2 atom stereocenters. The highest BCUT2D eigenvalue weighted by Gasteiger charge is 2.34. The number of hydrogen-bond acceptors (Lipinski definition) is 4. The second kappa shape index (κ2) is 8.68. The zero-order valence-electron chi connectivity index (χ0n) is 16.1. The van der Waals surface area contributed by atoms with Gasteiger partial charge in [0.2, 0.25) is 0 Å². The van der Waals surface area contributed by atoms with E-state index < -0.39 is 0 Å². The van der Waals surface area contributed by atoms with E-state index in [1.165, 1.54) is 37.2 Å². The maximum absolute atomic E-state index is 5.23. The summed E-state index contributed by atoms with van der Waals surface area (Å²) < 4.78 is 5.23. The molecule has 0 aliphatic carbocycles. The van der Waals surface area contributed by atoms with Crippen molar-refractivity contribution >= 4 is 6.08 Å². The Kier molecular flexibility index (Phi) is 5.85. The van der Waals surface area contributed by atoms with Gasteiger partial charge in [-0.05, 0) is 48.6 Å². The third kappa shape index (κ3) is 4.76. The van der Waals surface area contributed by atoms with E-state index in [4.69, 9.17) is 4.74 Å². The smallest absolute Gasteiger partial charge is 0.118 e. The molecule has 5 rings (SSSR count). The highest BCUT2D eigenvalue weighted by atomic mass is 16.5. The lowest BCUT2D eigenvalue weighted by atomic mass is 9.95. The van der Waals surface area contributed by atoms with Crippen LogP contribution < -0.4 is 4.74 Å². The molecule has 4 nitrogen and oxygen atoms in total. The molecule has 2 bridgehead atoms. The van der Waals surface area contributed by atoms with Crippen LogP contribution >= 0.6 is 0 Å². The molecule has 0 saturated carbocycles. The number of methoxy groups -OCH3 is 1. The van der Waals surface area contributed by atoms with Gasteiger partial charge in [0.15, 0.2) is 0 Å². The summed E-state index contributed by atoms with van der Waals surface area (Å²) >= 11 is 0. The van der Waals surface area contributed by atoms with Gasteiger partial charge in [0.05, 0.1) is 12.8 Å². The largest absolute Gasteiger partial charge is 0.497 e. The van der Waals surface area contributed by atoms with E-state index in [2.05, 4.69) is 51.2 Å². The molecule has 4 heterocycles. The highest BCUT2D eigenvalue weighted by molar-refractivity contribution is 5.50. The van der Waals surface area contributed by atoms with Crippen molar-refractivity contribution in [3.63, 3.8) is 0 Å². The molecule has 4 heteroatoms. The lowest BCUT2D eigenvalue weighted by Gasteiger charge is -2.35. The normalized spacial score (nSPS) is 23.6. The molecule has 0 spiro atoms. The van der Waals surface area contributed by atoms with Crippen LogP contribution in [0.1, 0.15) is 24.1 Å². The first-order valence-electron chi connectivity index (χ1n) is 9.97. The van der Waals surface area contributed by atoms with Crippen LogP contribution in [0.15, 0.2) is 54.7 Å². The number of aromatic nitrogens is 1. The average Bonchev–Trinajstić information content (AvgIpc) is 3.00. The summed E-state index contributed by atoms with van der Waals surface area (Å²) in [6.45, 7) is 5.58. The fourth-order valence-corrected chi connectivity index (χ4v) is 4.39. The number of benzene rings is 1. The maximum Gasteiger partial charge on any atom is 0.118 e. The van der Waals surface area contributed by atoms with Crippen LogP contribution in [0.4, 0.5) is 0 Å². The van der Waals surface area contributed by atoms with Crippen LogP contribution in [0.5, 0.6) is 5.75 Å². The predicted octanol–water partition coefficient (Wildman–Crippen LogP) is 3.70. The fraction of sp³-hybridized carbons (Fsp3) is 0.435. The van der Waals surface area contributed by atoms with E-state index in [1.807, 2.05) is 24.4 Å². The van der Waals surface area contributed by atoms with Crippen molar-refractivity contribution in [1.82, 2.24) is 14.8 Å². The molecule has 142 valence electrons. The lowest BCUT2D eigenvalue weighted by Crippen LogP contribution is -2.43. The number of piperidine rings is 1. The van der Waals surface area contributed by atoms with Crippen LogP contribution in [0.25, 0.3) is 6.08 Å². The first-order valence-corrected chi connectivity index (χ1v) is 9.97. The minimum Gasteiger partial charge on any atom is -0.497 e. The van der Waals surface area contributed by atoms with Gasteiger partial charge in [-0.3, -0.25) is 14.8 Å². The van der Waals surface area contributed by atoms with Crippen LogP contribution in [-0.2, 0) is 6.54 Å². The summed E-state index contributed by atoms with van der Waals surface area (Å²) in [6, 6.07) is 15.1. The van der Waals surface area contributed by atoms with E-state index in [0.717, 1.165) is 31.3 Å². The van der Waals surface area contributed by atoms with E-state index in [1.54, 1.807) is 7.11 Å². The molecule has 1 aromatic carbocycles. The topological polar surface area (TPSA) is 28.6 Å². The van der Waals surface area contributed by atoms with Gasteiger partial charge < -0.3 is 4.74 Å². The Labute approximate surface area is 162 Å². The second-order valence-electron chi connectivity index (χ2n) is 7.74. The molecule has 3 saturated heterocycles. The van der Waals surface area contributed by atoms with Gasteiger partial charge in [-0.2, -0.15) is 0 Å². The van der Waals surface area contributed by atoms with E-state index in [-0.39, 0.29) is 0 Å². The van der Waals surface area contributed by atoms with Gasteiger partial charge in [0.1, 0.15) is 5.75 Å². The summed E-state index contributed by atoms with van der Waals surface area (Å²) in [7, 11) is 1.70. The van der Waals surface area contributed by atoms with Crippen molar-refractivity contribution in [2.75, 3.05) is 33.3 Å². The molecule has 1 aromatic heterocycles. The second-order valence-corrected chi connectivity index (χ2v) is 7.74. The fourth-order valence-electron chi connectivity index (χ4n) is 4.39. The summed E-state index contributed by atoms with van der Waals surface area (Å²) in [5, 5.41) is 0. The molecule has 27 heavy (non-hydrogen) atoms. The van der Waals surface area contributed by atoms with Crippen LogP contribution in [0, 0.1) is 5.92 Å². The van der Waals surface area contributed by atoms with Gasteiger partial charge in [0.25, 0.3) is 0 Å². The third-order valence-electron chi connectivity index (χ3n) is 5.78. The van der Waals surface area contributed by atoms with Gasteiger partial charge in [0, 0.05) is 45.0 Å². The SMILES string of the molecule is COc1ccc(C=CCN2C[C@H]3CC[C@@H]2CN(Cc2ccccn2)C3)cc1. The summed E-state index contributed by atoms with van der Waals surface area (Å²) in [5.41, 5.74) is 2.41. The minimum absolute atomic E-state index is 0.660. The van der Waals surface area contributed by atoms with Crippen LogP contribution in [-0.4, -0.2) is 54.1 Å². The number of hydrogen-bond donors (Lipinski definition) is 0. The zero-order valence-corrected chi connectivity index (χ0v) is 16.1. The Morgan fingerprint density at radius 3 is 2.74 bits per heavy atom. The Hall–Kier alpha value is -2.17. The number of nitrogens with zero attached hydrogens (tertiary/aromatic N) is 3. The molecule has 0 amide bonds. The van der Waals surface area contributed by atoms with Crippen molar-refractivity contribution < 1.29 is 4.74 Å². The first-order chi connectivity index (χ1) is 13.3. The van der Waals surface area contributed by atoms with Crippen molar-refractivity contribution in [2.24, 2.45) is 5.92 Å². The Morgan fingerprint density at radius 1 is 1.07 bits per heavy atom. The summed E-state index contributed by atoms with van der Waals surface area (Å²) in [6.07, 6.45) is 9.12.